The third kappa shape index (κ3) is 6.43. The molecule has 0 aliphatic carbocycles. The van der Waals surface area contributed by atoms with Crippen molar-refractivity contribution in [2.45, 2.75) is 6.92 Å². The third-order valence-electron chi connectivity index (χ3n) is 6.11. The molecule has 0 radical (unpaired) electrons. The van der Waals surface area contributed by atoms with Gasteiger partial charge in [-0.1, -0.05) is 60.1 Å². The fraction of sp³-hybridized carbons (Fsp3) is 0.129. The Hall–Kier alpha value is -3.79. The van der Waals surface area contributed by atoms with Crippen molar-refractivity contribution in [3.05, 3.63) is 104 Å². The number of rotatable bonds is 9. The van der Waals surface area contributed by atoms with Crippen LogP contribution in [0.3, 0.4) is 0 Å². The fourth-order valence-electron chi connectivity index (χ4n) is 4.22. The molecule has 0 N–H and O–H groups in total. The Kier molecular flexibility index (Phi) is 8.97. The maximum atomic E-state index is 13.1. The molecule has 4 aromatic rings. The van der Waals surface area contributed by atoms with E-state index in [9.17, 15) is 14.4 Å². The summed E-state index contributed by atoms with van der Waals surface area (Å²) in [7, 11) is 0. The second kappa shape index (κ2) is 12.8. The zero-order chi connectivity index (χ0) is 28.9. The standard InChI is InChI=1S/C31H23BrClNO6S/c1-2-38-26-17-19(16-23(32)28(26)40-30(36)22-11-5-6-12-24(22)33)18-27-29(35)34(31(37)41-27)14-15-39-25-13-7-9-20-8-3-4-10-21(20)25/h3-13,16-18H,2,14-15H2,1H3/b27-18-. The summed E-state index contributed by atoms with van der Waals surface area (Å²) < 4.78 is 17.7. The van der Waals surface area contributed by atoms with Crippen LogP contribution in [0.25, 0.3) is 16.8 Å². The summed E-state index contributed by atoms with van der Waals surface area (Å²) >= 11 is 10.4. The molecule has 10 heteroatoms. The van der Waals surface area contributed by atoms with Crippen LogP contribution < -0.4 is 14.2 Å². The van der Waals surface area contributed by atoms with Gasteiger partial charge < -0.3 is 14.2 Å². The number of hydrogen-bond acceptors (Lipinski definition) is 7. The number of ether oxygens (including phenoxy) is 3. The molecule has 208 valence electrons. The number of fused-ring (bicyclic) bond motifs is 1. The first kappa shape index (κ1) is 28.7. The van der Waals surface area contributed by atoms with Crippen LogP contribution in [0.5, 0.6) is 17.2 Å². The first-order valence-corrected chi connectivity index (χ1v) is 14.6. The van der Waals surface area contributed by atoms with Crippen LogP contribution in [0.2, 0.25) is 5.02 Å². The van der Waals surface area contributed by atoms with Crippen LogP contribution in [0.1, 0.15) is 22.8 Å². The van der Waals surface area contributed by atoms with Gasteiger partial charge >= 0.3 is 5.97 Å². The van der Waals surface area contributed by atoms with E-state index in [1.54, 1.807) is 49.4 Å². The maximum absolute atomic E-state index is 13.1. The van der Waals surface area contributed by atoms with E-state index in [2.05, 4.69) is 15.9 Å². The van der Waals surface area contributed by atoms with Gasteiger partial charge in [0.25, 0.3) is 11.1 Å². The second-order valence-corrected chi connectivity index (χ2v) is 11.0. The Labute approximate surface area is 254 Å². The van der Waals surface area contributed by atoms with Crippen molar-refractivity contribution in [1.29, 1.82) is 0 Å². The predicted octanol–water partition coefficient (Wildman–Crippen LogP) is 7.99. The molecule has 5 rings (SSSR count). The van der Waals surface area contributed by atoms with Crippen LogP contribution in [-0.2, 0) is 4.79 Å². The zero-order valence-corrected chi connectivity index (χ0v) is 24.9. The third-order valence-corrected chi connectivity index (χ3v) is 7.94. The minimum atomic E-state index is -0.642. The SMILES string of the molecule is CCOc1cc(/C=C2\SC(=O)N(CCOc3cccc4ccccc34)C2=O)cc(Br)c1OC(=O)c1ccccc1Cl. The fourth-order valence-corrected chi connectivity index (χ4v) is 5.84. The highest BCUT2D eigenvalue weighted by Gasteiger charge is 2.35. The van der Waals surface area contributed by atoms with Gasteiger partial charge in [0.2, 0.25) is 0 Å². The molecule has 1 aliphatic rings. The Morgan fingerprint density at radius 3 is 2.54 bits per heavy atom. The van der Waals surface area contributed by atoms with Crippen molar-refractivity contribution in [2.24, 2.45) is 0 Å². The molecule has 0 aromatic heterocycles. The lowest BCUT2D eigenvalue weighted by molar-refractivity contribution is -0.123. The molecule has 1 saturated heterocycles. The van der Waals surface area contributed by atoms with Gasteiger partial charge in [-0.3, -0.25) is 14.5 Å². The van der Waals surface area contributed by atoms with Crippen molar-refractivity contribution < 1.29 is 28.6 Å². The molecule has 0 bridgehead atoms. The van der Waals surface area contributed by atoms with Crippen LogP contribution in [0, 0.1) is 0 Å². The largest absolute Gasteiger partial charge is 0.491 e. The highest BCUT2D eigenvalue weighted by molar-refractivity contribution is 9.10. The number of imide groups is 1. The van der Waals surface area contributed by atoms with Crippen molar-refractivity contribution in [3.8, 4) is 17.2 Å². The van der Waals surface area contributed by atoms with Gasteiger partial charge in [-0.05, 0) is 82.0 Å². The number of thioether (sulfide) groups is 1. The lowest BCUT2D eigenvalue weighted by atomic mass is 10.1. The lowest BCUT2D eigenvalue weighted by Gasteiger charge is -2.15. The van der Waals surface area contributed by atoms with Crippen LogP contribution in [0.15, 0.2) is 88.2 Å². The number of amides is 2. The van der Waals surface area contributed by atoms with Crippen LogP contribution >= 0.6 is 39.3 Å². The average molecular weight is 653 g/mol. The molecule has 7 nitrogen and oxygen atoms in total. The van der Waals surface area contributed by atoms with Crippen molar-refractivity contribution in [2.75, 3.05) is 19.8 Å². The Bertz CT molecular complexity index is 1690. The van der Waals surface area contributed by atoms with Gasteiger partial charge in [0.1, 0.15) is 12.4 Å². The summed E-state index contributed by atoms with van der Waals surface area (Å²) in [5.74, 6) is 0.0970. The van der Waals surface area contributed by atoms with E-state index >= 15 is 0 Å². The second-order valence-electron chi connectivity index (χ2n) is 8.79. The van der Waals surface area contributed by atoms with E-state index in [0.29, 0.717) is 22.4 Å². The first-order chi connectivity index (χ1) is 19.9. The van der Waals surface area contributed by atoms with Gasteiger partial charge in [0.15, 0.2) is 11.5 Å². The maximum Gasteiger partial charge on any atom is 0.345 e. The molecule has 0 unspecified atom stereocenters. The van der Waals surface area contributed by atoms with E-state index in [1.165, 1.54) is 4.90 Å². The summed E-state index contributed by atoms with van der Waals surface area (Å²) in [6, 6.07) is 23.5. The number of esters is 1. The summed E-state index contributed by atoms with van der Waals surface area (Å²) in [6.07, 6.45) is 1.60. The van der Waals surface area contributed by atoms with E-state index in [-0.39, 0.29) is 45.4 Å². The minimum Gasteiger partial charge on any atom is -0.491 e. The van der Waals surface area contributed by atoms with Crippen LogP contribution in [0.4, 0.5) is 4.79 Å². The smallest absolute Gasteiger partial charge is 0.345 e. The summed E-state index contributed by atoms with van der Waals surface area (Å²) in [6.45, 7) is 2.37. The Morgan fingerprint density at radius 1 is 0.976 bits per heavy atom. The van der Waals surface area contributed by atoms with E-state index in [0.717, 1.165) is 22.5 Å². The first-order valence-electron chi connectivity index (χ1n) is 12.6. The van der Waals surface area contributed by atoms with Crippen molar-refractivity contribution in [1.82, 2.24) is 4.90 Å². The average Bonchev–Trinajstić information content (AvgIpc) is 3.22. The molecule has 1 fully saturated rings. The molecule has 1 heterocycles. The van der Waals surface area contributed by atoms with E-state index in [4.69, 9.17) is 25.8 Å². The highest BCUT2D eigenvalue weighted by atomic mass is 79.9. The number of hydrogen-bond donors (Lipinski definition) is 0. The van der Waals surface area contributed by atoms with Gasteiger partial charge in [0, 0.05) is 5.39 Å². The monoisotopic (exact) mass is 651 g/mol. The molecule has 0 atom stereocenters. The van der Waals surface area contributed by atoms with Gasteiger partial charge in [0.05, 0.1) is 33.1 Å². The normalized spacial score (nSPS) is 14.1. The number of nitrogens with zero attached hydrogens (tertiary/aromatic N) is 1. The van der Waals surface area contributed by atoms with Crippen LogP contribution in [-0.4, -0.2) is 41.8 Å². The molecule has 2 amide bonds. The minimum absolute atomic E-state index is 0.107. The number of halogens is 2. The Balaban J connectivity index is 1.31. The number of carbonyl (C=O) groups excluding carboxylic acids is 3. The molecule has 4 aromatic carbocycles. The predicted molar refractivity (Wildman–Crippen MR) is 164 cm³/mol. The Morgan fingerprint density at radius 2 is 1.73 bits per heavy atom. The summed E-state index contributed by atoms with van der Waals surface area (Å²) in [4.78, 5) is 40.0. The lowest BCUT2D eigenvalue weighted by Crippen LogP contribution is -2.32. The molecule has 0 spiro atoms. The molecule has 41 heavy (non-hydrogen) atoms. The van der Waals surface area contributed by atoms with E-state index < -0.39 is 11.9 Å². The summed E-state index contributed by atoms with van der Waals surface area (Å²) in [5.41, 5.74) is 0.793. The highest BCUT2D eigenvalue weighted by Crippen LogP contribution is 2.40. The van der Waals surface area contributed by atoms with E-state index in [1.807, 2.05) is 42.5 Å². The topological polar surface area (TPSA) is 82.1 Å². The van der Waals surface area contributed by atoms with Gasteiger partial charge in [-0.15, -0.1) is 0 Å². The molecule has 0 saturated carbocycles. The molecular weight excluding hydrogens is 630 g/mol. The number of benzene rings is 4. The van der Waals surface area contributed by atoms with Crippen molar-refractivity contribution >= 4 is 73.3 Å². The summed E-state index contributed by atoms with van der Waals surface area (Å²) in [5, 5.41) is 1.89. The zero-order valence-electron chi connectivity index (χ0n) is 21.8. The van der Waals surface area contributed by atoms with Crippen molar-refractivity contribution in [3.63, 3.8) is 0 Å². The molecule has 1 aliphatic heterocycles. The van der Waals surface area contributed by atoms with Gasteiger partial charge in [-0.2, -0.15) is 0 Å². The number of carbonyl (C=O) groups is 3. The molecular formula is C31H23BrClNO6S. The van der Waals surface area contributed by atoms with Gasteiger partial charge in [-0.25, -0.2) is 4.79 Å². The quantitative estimate of drug-likeness (QED) is 0.103.